The Morgan fingerprint density at radius 3 is 2.11 bits per heavy atom. The lowest BCUT2D eigenvalue weighted by atomic mass is 9.99. The summed E-state index contributed by atoms with van der Waals surface area (Å²) in [4.78, 5) is 57.8. The normalized spacial score (nSPS) is 14.1. The van der Waals surface area contributed by atoms with Crippen molar-refractivity contribution in [2.75, 3.05) is 5.75 Å². The van der Waals surface area contributed by atoms with E-state index in [0.717, 1.165) is 28.5 Å². The van der Waals surface area contributed by atoms with E-state index < -0.39 is 23.8 Å². The molecule has 5 rings (SSSR count). The number of nitrogens with zero attached hydrogens (tertiary/aromatic N) is 2. The lowest BCUT2D eigenvalue weighted by Gasteiger charge is -2.28. The van der Waals surface area contributed by atoms with Gasteiger partial charge in [-0.3, -0.25) is 19.3 Å². The predicted molar refractivity (Wildman–Crippen MR) is 215 cm³/mol. The molecule has 2 N–H and O–H groups in total. The summed E-state index contributed by atoms with van der Waals surface area (Å²) in [6, 6.07) is 28.6. The van der Waals surface area contributed by atoms with E-state index >= 15 is 0 Å². The molecular weight excluding hydrogens is 822 g/mol. The molecule has 268 valence electrons. The van der Waals surface area contributed by atoms with Gasteiger partial charge < -0.3 is 15.2 Å². The third-order valence-electron chi connectivity index (χ3n) is 7.83. The van der Waals surface area contributed by atoms with Crippen molar-refractivity contribution in [1.29, 1.82) is 0 Å². The van der Waals surface area contributed by atoms with Crippen LogP contribution in [-0.4, -0.2) is 44.6 Å². The number of hydrogen-bond acceptors (Lipinski definition) is 6. The lowest BCUT2D eigenvalue weighted by molar-refractivity contribution is -0.126. The average Bonchev–Trinajstić information content (AvgIpc) is 3.16. The van der Waals surface area contributed by atoms with E-state index in [1.807, 2.05) is 60.7 Å². The Balaban J connectivity index is 1.38. The van der Waals surface area contributed by atoms with Crippen molar-refractivity contribution in [3.8, 4) is 5.75 Å². The largest absolute Gasteiger partial charge is 0.487 e. The fourth-order valence-electron chi connectivity index (χ4n) is 5.26. The highest BCUT2D eigenvalue weighted by molar-refractivity contribution is 9.11. The summed E-state index contributed by atoms with van der Waals surface area (Å²) < 4.78 is 7.09. The Morgan fingerprint density at radius 1 is 0.962 bits per heavy atom. The van der Waals surface area contributed by atoms with Gasteiger partial charge in [0.2, 0.25) is 5.91 Å². The topological polar surface area (TPSA) is 125 Å². The van der Waals surface area contributed by atoms with Crippen LogP contribution in [0.4, 0.5) is 0 Å². The van der Waals surface area contributed by atoms with Crippen molar-refractivity contribution < 1.29 is 29.0 Å². The number of halogens is 2. The van der Waals surface area contributed by atoms with Crippen molar-refractivity contribution in [1.82, 2.24) is 10.2 Å². The fraction of sp³-hybridized carbons (Fsp3) is 0.0976. The van der Waals surface area contributed by atoms with Crippen LogP contribution in [0.1, 0.15) is 45.6 Å². The first kappa shape index (κ1) is 38.9. The van der Waals surface area contributed by atoms with Gasteiger partial charge in [-0.25, -0.2) is 4.79 Å². The van der Waals surface area contributed by atoms with Gasteiger partial charge >= 0.3 is 5.97 Å². The van der Waals surface area contributed by atoms with Crippen LogP contribution < -0.4 is 10.1 Å². The maximum Gasteiger partial charge on any atom is 0.335 e. The number of amides is 3. The molecule has 1 aliphatic heterocycles. The number of aliphatic imine (C=N–C) groups is 1. The Bertz CT molecular complexity index is 2090. The summed E-state index contributed by atoms with van der Waals surface area (Å²) in [5, 5.41) is 12.3. The zero-order valence-electron chi connectivity index (χ0n) is 28.4. The molecule has 0 radical (unpaired) electrons. The fourth-order valence-corrected chi connectivity index (χ4v) is 7.52. The van der Waals surface area contributed by atoms with Crippen LogP contribution in [0.2, 0.25) is 0 Å². The molecule has 4 aromatic rings. The Kier molecular flexibility index (Phi) is 13.6. The molecule has 0 unspecified atom stereocenters. The number of carbonyl (C=O) groups is 4. The average molecular weight is 856 g/mol. The molecule has 0 bridgehead atoms. The van der Waals surface area contributed by atoms with Crippen molar-refractivity contribution in [3.05, 3.63) is 176 Å². The number of aromatic carboxylic acids is 1. The second-order valence-corrected chi connectivity index (χ2v) is 14.1. The molecule has 0 fully saturated rings. The predicted octanol–water partition coefficient (Wildman–Crippen LogP) is 8.88. The molecule has 0 saturated heterocycles. The zero-order chi connectivity index (χ0) is 37.9. The van der Waals surface area contributed by atoms with Crippen molar-refractivity contribution in [2.45, 2.75) is 19.6 Å². The van der Waals surface area contributed by atoms with Crippen molar-refractivity contribution in [2.24, 2.45) is 4.99 Å². The third-order valence-corrected chi connectivity index (χ3v) is 9.95. The van der Waals surface area contributed by atoms with Crippen LogP contribution in [0.25, 0.3) is 6.08 Å². The Hall–Kier alpha value is -5.30. The molecule has 4 aromatic carbocycles. The quantitative estimate of drug-likeness (QED) is 0.0782. The molecule has 0 spiro atoms. The molecule has 0 aromatic heterocycles. The summed E-state index contributed by atoms with van der Waals surface area (Å²) in [6.45, 7) is 5.64. The molecule has 1 aliphatic rings. The van der Waals surface area contributed by atoms with Gasteiger partial charge in [0.25, 0.3) is 11.8 Å². The highest BCUT2D eigenvalue weighted by Gasteiger charge is 2.35. The molecule has 9 nitrogen and oxygen atoms in total. The zero-order valence-corrected chi connectivity index (χ0v) is 32.4. The van der Waals surface area contributed by atoms with Gasteiger partial charge in [0.05, 0.1) is 26.3 Å². The number of allylic oxidation sites excluding steroid dienone is 4. The van der Waals surface area contributed by atoms with Crippen LogP contribution in [-0.2, 0) is 21.0 Å². The number of carboxylic acids is 1. The number of benzene rings is 4. The molecule has 3 amide bonds. The Morgan fingerprint density at radius 2 is 1.57 bits per heavy atom. The highest BCUT2D eigenvalue weighted by atomic mass is 79.9. The Labute approximate surface area is 328 Å². The van der Waals surface area contributed by atoms with E-state index in [0.29, 0.717) is 26.0 Å². The summed E-state index contributed by atoms with van der Waals surface area (Å²) in [5.74, 6) is -2.33. The summed E-state index contributed by atoms with van der Waals surface area (Å²) in [7, 11) is 0. The number of carbonyl (C=O) groups excluding carboxylic acids is 3. The number of ether oxygens (including phenoxy) is 1. The maximum atomic E-state index is 14.1. The molecule has 0 aliphatic carbocycles. The van der Waals surface area contributed by atoms with Crippen molar-refractivity contribution >= 4 is 78.6 Å². The lowest BCUT2D eigenvalue weighted by Crippen LogP contribution is -2.42. The van der Waals surface area contributed by atoms with Crippen molar-refractivity contribution in [3.63, 3.8) is 0 Å². The molecule has 1 heterocycles. The number of nitrogens with one attached hydrogen (secondary N) is 1. The molecule has 0 atom stereocenters. The SMILES string of the molecule is C=C/C=C\C(=C/C)N1C(=O)/C(=C/c2cc(Br)c(OCc3ccc(C(=O)O)cc3)c(Br)c2)C(=O)N=C1SCC(=O)NC(c1ccccc1)c1ccccc1. The van der Waals surface area contributed by atoms with Gasteiger partial charge in [-0.1, -0.05) is 109 Å². The van der Waals surface area contributed by atoms with Crippen LogP contribution in [0.15, 0.2) is 153 Å². The molecule has 53 heavy (non-hydrogen) atoms. The van der Waals surface area contributed by atoms with Gasteiger partial charge in [-0.05, 0) is 97.5 Å². The van der Waals surface area contributed by atoms with Gasteiger partial charge in [0, 0.05) is 5.70 Å². The number of hydrogen-bond donors (Lipinski definition) is 2. The van der Waals surface area contributed by atoms with E-state index in [9.17, 15) is 19.2 Å². The van der Waals surface area contributed by atoms with Crippen LogP contribution >= 0.6 is 43.6 Å². The minimum absolute atomic E-state index is 0.0626. The van der Waals surface area contributed by atoms with Gasteiger partial charge in [0.15, 0.2) is 5.17 Å². The van der Waals surface area contributed by atoms with Crippen LogP contribution in [0.3, 0.4) is 0 Å². The molecular formula is C41H33Br2N3O6S. The van der Waals surface area contributed by atoms with Crippen LogP contribution in [0.5, 0.6) is 5.75 Å². The van der Waals surface area contributed by atoms with Crippen LogP contribution in [0, 0.1) is 0 Å². The number of thioether (sulfide) groups is 1. The van der Waals surface area contributed by atoms with E-state index in [-0.39, 0.29) is 34.6 Å². The number of rotatable bonds is 13. The maximum absolute atomic E-state index is 14.1. The monoisotopic (exact) mass is 853 g/mol. The van der Waals surface area contributed by atoms with Gasteiger partial charge in [-0.2, -0.15) is 4.99 Å². The molecule has 12 heteroatoms. The first-order chi connectivity index (χ1) is 25.6. The minimum atomic E-state index is -1.01. The number of carboxylic acid groups (broad SMARTS) is 1. The second-order valence-electron chi connectivity index (χ2n) is 11.4. The van der Waals surface area contributed by atoms with Gasteiger partial charge in [-0.15, -0.1) is 0 Å². The van der Waals surface area contributed by atoms with E-state index in [1.165, 1.54) is 23.1 Å². The van der Waals surface area contributed by atoms with Gasteiger partial charge in [0.1, 0.15) is 17.9 Å². The van der Waals surface area contributed by atoms with E-state index in [1.54, 1.807) is 55.5 Å². The summed E-state index contributed by atoms with van der Waals surface area (Å²) in [6.07, 6.45) is 8.05. The minimum Gasteiger partial charge on any atom is -0.487 e. The first-order valence-electron chi connectivity index (χ1n) is 16.2. The second kappa shape index (κ2) is 18.5. The highest BCUT2D eigenvalue weighted by Crippen LogP contribution is 2.37. The first-order valence-corrected chi connectivity index (χ1v) is 18.8. The third kappa shape index (κ3) is 9.98. The van der Waals surface area contributed by atoms with E-state index in [2.05, 4.69) is 48.7 Å². The summed E-state index contributed by atoms with van der Waals surface area (Å²) >= 11 is 8.03. The summed E-state index contributed by atoms with van der Waals surface area (Å²) in [5.41, 5.74) is 3.53. The molecule has 0 saturated carbocycles. The smallest absolute Gasteiger partial charge is 0.335 e. The number of amidine groups is 1. The van der Waals surface area contributed by atoms with E-state index in [4.69, 9.17) is 9.84 Å². The standard InChI is InChI=1S/C41H33Br2N3O6S/c1-3-5-16-31(4-2)46-39(49)32(21-27-22-33(42)37(34(43)23-27)52-24-26-17-19-30(20-18-26)40(50)51)38(48)45-41(46)53-25-35(47)44-36(28-12-8-6-9-13-28)29-14-10-7-11-15-29/h3-23,36H,1,24-25H2,2H3,(H,44,47)(H,50,51)/b16-5-,31-4+,32-21+.